The molecule has 0 bridgehead atoms. The summed E-state index contributed by atoms with van der Waals surface area (Å²) >= 11 is 0. The van der Waals surface area contributed by atoms with Crippen molar-refractivity contribution in [2.45, 2.75) is 45.1 Å². The maximum atomic E-state index is 13.2. The van der Waals surface area contributed by atoms with Crippen LogP contribution in [0, 0.1) is 0 Å². The number of carbonyl (C=O) groups is 2. The number of imide groups is 1. The highest BCUT2D eigenvalue weighted by Crippen LogP contribution is 2.25. The van der Waals surface area contributed by atoms with Gasteiger partial charge in [0, 0.05) is 6.07 Å². The molecule has 0 aliphatic carbocycles. The molecular weight excluding hydrogens is 404 g/mol. The van der Waals surface area contributed by atoms with Gasteiger partial charge in [0.05, 0.1) is 24.9 Å². The van der Waals surface area contributed by atoms with Gasteiger partial charge in [-0.3, -0.25) is 14.5 Å². The first kappa shape index (κ1) is 22.3. The van der Waals surface area contributed by atoms with Gasteiger partial charge in [0.15, 0.2) is 6.04 Å². The second kappa shape index (κ2) is 10.6. The number of carbonyl (C=O) groups excluding carboxylic acids is 2. The molecule has 0 spiro atoms. The Morgan fingerprint density at radius 2 is 1.81 bits per heavy atom. The van der Waals surface area contributed by atoms with Crippen LogP contribution in [0.25, 0.3) is 0 Å². The highest BCUT2D eigenvalue weighted by atomic mass is 16.5. The third-order valence-corrected chi connectivity index (χ3v) is 6.44. The van der Waals surface area contributed by atoms with Crippen LogP contribution in [0.2, 0.25) is 0 Å². The van der Waals surface area contributed by atoms with E-state index in [1.54, 1.807) is 0 Å². The van der Waals surface area contributed by atoms with Gasteiger partial charge in [-0.25, -0.2) is 9.88 Å². The molecule has 3 heterocycles. The van der Waals surface area contributed by atoms with Crippen LogP contribution in [0.3, 0.4) is 0 Å². The van der Waals surface area contributed by atoms with Gasteiger partial charge in [0.25, 0.3) is 11.7 Å². The Morgan fingerprint density at radius 1 is 1.03 bits per heavy atom. The van der Waals surface area contributed by atoms with Gasteiger partial charge in [0.1, 0.15) is 31.9 Å². The number of aromatic nitrogens is 1. The van der Waals surface area contributed by atoms with Crippen molar-refractivity contribution in [1.29, 1.82) is 0 Å². The summed E-state index contributed by atoms with van der Waals surface area (Å²) in [5.74, 6) is 1.67. The lowest BCUT2D eigenvalue weighted by molar-refractivity contribution is -0.915. The zero-order valence-electron chi connectivity index (χ0n) is 18.9. The highest BCUT2D eigenvalue weighted by Gasteiger charge is 2.47. The number of anilines is 2. The lowest BCUT2D eigenvalue weighted by Gasteiger charge is -2.31. The minimum Gasteiger partial charge on any atom is -0.494 e. The predicted molar refractivity (Wildman–Crippen MR) is 123 cm³/mol. The minimum atomic E-state index is -0.293. The van der Waals surface area contributed by atoms with E-state index in [2.05, 4.69) is 22.9 Å². The average Bonchev–Trinajstić information content (AvgIpc) is 3.14. The van der Waals surface area contributed by atoms with Crippen molar-refractivity contribution in [2.24, 2.45) is 0 Å². The van der Waals surface area contributed by atoms with Gasteiger partial charge in [-0.05, 0) is 36.8 Å². The number of nitrogens with one attached hydrogen (secondary N) is 2. The predicted octanol–water partition coefficient (Wildman–Crippen LogP) is 1.50. The molecule has 32 heavy (non-hydrogen) atoms. The van der Waals surface area contributed by atoms with Crippen LogP contribution in [0.15, 0.2) is 48.7 Å². The van der Waals surface area contributed by atoms with Gasteiger partial charge in [-0.1, -0.05) is 32.3 Å². The molecule has 0 unspecified atom stereocenters. The second-order valence-corrected chi connectivity index (χ2v) is 8.62. The first-order valence-corrected chi connectivity index (χ1v) is 11.8. The fraction of sp³-hybridized carbons (Fsp3) is 0.480. The summed E-state index contributed by atoms with van der Waals surface area (Å²) < 4.78 is 5.79. The monoisotopic (exact) mass is 438 g/mol. The third-order valence-electron chi connectivity index (χ3n) is 6.44. The van der Waals surface area contributed by atoms with Crippen molar-refractivity contribution in [3.63, 3.8) is 0 Å². The largest absolute Gasteiger partial charge is 0.494 e. The molecule has 2 fully saturated rings. The van der Waals surface area contributed by atoms with Crippen molar-refractivity contribution in [1.82, 2.24) is 0 Å². The first-order valence-electron chi connectivity index (χ1n) is 11.8. The van der Waals surface area contributed by atoms with E-state index in [9.17, 15) is 9.59 Å². The molecular formula is C25H34N4O3+2. The van der Waals surface area contributed by atoms with Gasteiger partial charge in [-0.15, -0.1) is 0 Å². The molecule has 2 amide bonds. The Balaban J connectivity index is 1.32. The molecule has 2 aliphatic rings. The van der Waals surface area contributed by atoms with Gasteiger partial charge in [-0.2, -0.15) is 0 Å². The molecule has 2 aliphatic heterocycles. The van der Waals surface area contributed by atoms with Crippen LogP contribution in [0.5, 0.6) is 5.75 Å². The smallest absolute Gasteiger partial charge is 0.292 e. The van der Waals surface area contributed by atoms with Crippen LogP contribution < -0.4 is 24.4 Å². The second-order valence-electron chi connectivity index (χ2n) is 8.62. The number of benzene rings is 1. The molecule has 0 radical (unpaired) electrons. The number of unbranched alkanes of at least 4 members (excludes halogenated alkanes) is 3. The van der Waals surface area contributed by atoms with Gasteiger partial charge >= 0.3 is 0 Å². The van der Waals surface area contributed by atoms with Crippen LogP contribution in [-0.4, -0.2) is 50.6 Å². The zero-order chi connectivity index (χ0) is 22.3. The number of rotatable bonds is 9. The molecule has 7 nitrogen and oxygen atoms in total. The Hall–Kier alpha value is -2.93. The first-order chi connectivity index (χ1) is 15.7. The zero-order valence-corrected chi connectivity index (χ0v) is 18.9. The lowest BCUT2D eigenvalue weighted by atomic mass is 10.1. The van der Waals surface area contributed by atoms with E-state index < -0.39 is 0 Å². The number of piperazine rings is 1. The van der Waals surface area contributed by atoms with Crippen LogP contribution in [0.1, 0.15) is 39.0 Å². The van der Waals surface area contributed by atoms with E-state index in [0.717, 1.165) is 44.2 Å². The lowest BCUT2D eigenvalue weighted by Crippen LogP contribution is -3.19. The Kier molecular flexibility index (Phi) is 7.37. The van der Waals surface area contributed by atoms with Gasteiger partial charge in [0.2, 0.25) is 5.91 Å². The molecule has 1 atom stereocenters. The molecule has 1 aromatic carbocycles. The molecule has 2 N–H and O–H groups in total. The molecule has 4 rings (SSSR count). The number of amides is 2. The average molecular weight is 439 g/mol. The summed E-state index contributed by atoms with van der Waals surface area (Å²) in [6.45, 7) is 6.28. The standard InChI is InChI=1S/C25H32N4O3/c1-2-3-4-7-18-32-21-11-9-20(10-12-21)29-24(30)19-22(25(29)31)27-14-16-28(17-15-27)23-8-5-6-13-26-23/h5-6,8-13,22H,2-4,7,14-19H2,1H3/p+2/t22-/m0/s1. The van der Waals surface area contributed by atoms with Crippen molar-refractivity contribution >= 4 is 23.3 Å². The SMILES string of the molecule is CCCCCCOc1ccc(N2C(=O)C[C@H]([NH+]3CCN(c4cccc[nH+]4)CC3)C2=O)cc1. The summed E-state index contributed by atoms with van der Waals surface area (Å²) in [4.78, 5) is 34.0. The van der Waals surface area contributed by atoms with Crippen molar-refractivity contribution in [2.75, 3.05) is 42.6 Å². The normalized spacial score (nSPS) is 19.6. The quantitative estimate of drug-likeness (QED) is 0.476. The number of hydrogen-bond acceptors (Lipinski definition) is 4. The minimum absolute atomic E-state index is 0.0852. The van der Waals surface area contributed by atoms with Crippen molar-refractivity contribution < 1.29 is 24.2 Å². The Bertz CT molecular complexity index is 895. The maximum absolute atomic E-state index is 13.2. The summed E-state index contributed by atoms with van der Waals surface area (Å²) in [5, 5.41) is 0. The van der Waals surface area contributed by atoms with Gasteiger partial charge < -0.3 is 9.64 Å². The number of quaternary nitrogens is 1. The fourth-order valence-electron chi connectivity index (χ4n) is 4.60. The van der Waals surface area contributed by atoms with Crippen LogP contribution >= 0.6 is 0 Å². The summed E-state index contributed by atoms with van der Waals surface area (Å²) in [6.07, 6.45) is 6.85. The number of aromatic amines is 1. The Labute approximate surface area is 190 Å². The summed E-state index contributed by atoms with van der Waals surface area (Å²) in [5.41, 5.74) is 0.637. The van der Waals surface area contributed by atoms with E-state index in [1.807, 2.05) is 42.6 Å². The number of ether oxygens (including phenoxy) is 1. The van der Waals surface area contributed by atoms with E-state index in [4.69, 9.17) is 4.74 Å². The van der Waals surface area contributed by atoms with E-state index >= 15 is 0 Å². The number of hydrogen-bond donors (Lipinski definition) is 1. The molecule has 7 heteroatoms. The van der Waals surface area contributed by atoms with Crippen molar-refractivity contribution in [3.8, 4) is 5.75 Å². The molecule has 2 saturated heterocycles. The Morgan fingerprint density at radius 3 is 2.50 bits per heavy atom. The van der Waals surface area contributed by atoms with Crippen molar-refractivity contribution in [3.05, 3.63) is 48.7 Å². The van der Waals surface area contributed by atoms with Crippen LogP contribution in [0.4, 0.5) is 11.5 Å². The van der Waals surface area contributed by atoms with E-state index in [1.165, 1.54) is 29.1 Å². The summed E-state index contributed by atoms with van der Waals surface area (Å²) in [6, 6.07) is 13.1. The number of nitrogens with zero attached hydrogens (tertiary/aromatic N) is 2. The fourth-order valence-corrected chi connectivity index (χ4v) is 4.60. The molecule has 2 aromatic rings. The molecule has 0 saturated carbocycles. The van der Waals surface area contributed by atoms with E-state index in [0.29, 0.717) is 12.3 Å². The molecule has 170 valence electrons. The summed E-state index contributed by atoms with van der Waals surface area (Å²) in [7, 11) is 0. The van der Waals surface area contributed by atoms with Crippen LogP contribution in [-0.2, 0) is 9.59 Å². The maximum Gasteiger partial charge on any atom is 0.292 e. The topological polar surface area (TPSA) is 68.4 Å². The van der Waals surface area contributed by atoms with E-state index in [-0.39, 0.29) is 24.3 Å². The highest BCUT2D eigenvalue weighted by molar-refractivity contribution is 6.21. The number of pyridine rings is 1. The number of H-pyrrole nitrogens is 1. The molecule has 1 aromatic heterocycles. The third kappa shape index (κ3) is 5.10.